The average molecular weight is 272 g/mol. The van der Waals surface area contributed by atoms with Crippen molar-refractivity contribution in [2.45, 2.75) is 26.7 Å². The number of carbonyl (C=O) groups excluding carboxylic acids is 1. The molecule has 0 aliphatic carbocycles. The number of H-pyrrole nitrogens is 1. The maximum Gasteiger partial charge on any atom is 0.254 e. The van der Waals surface area contributed by atoms with Gasteiger partial charge in [-0.05, 0) is 18.9 Å². The Balaban J connectivity index is 2.50. The van der Waals surface area contributed by atoms with Gasteiger partial charge in [-0.25, -0.2) is 0 Å². The van der Waals surface area contributed by atoms with Crippen LogP contribution in [-0.2, 0) is 0 Å². The van der Waals surface area contributed by atoms with Crippen molar-refractivity contribution in [2.24, 2.45) is 0 Å². The Labute approximate surface area is 118 Å². The number of benzene rings is 1. The maximum atomic E-state index is 12.7. The van der Waals surface area contributed by atoms with Gasteiger partial charge in [-0.1, -0.05) is 32.0 Å². The number of hydrogen-bond acceptors (Lipinski definition) is 2. The Bertz CT molecular complexity index is 655. The van der Waals surface area contributed by atoms with Crippen LogP contribution in [0.4, 0.5) is 0 Å². The number of aromatic nitrogens is 1. The summed E-state index contributed by atoms with van der Waals surface area (Å²) < 4.78 is 0. The number of nitrogens with one attached hydrogen (secondary N) is 1. The molecule has 2 rings (SSSR count). The van der Waals surface area contributed by atoms with Crippen LogP contribution in [0.15, 0.2) is 35.1 Å². The number of hydrogen-bond donors (Lipinski definition) is 1. The molecule has 2 aromatic rings. The van der Waals surface area contributed by atoms with Crippen molar-refractivity contribution in [3.63, 3.8) is 0 Å². The van der Waals surface area contributed by atoms with Gasteiger partial charge < -0.3 is 9.88 Å². The molecule has 1 N–H and O–H groups in total. The molecule has 0 saturated heterocycles. The molecule has 20 heavy (non-hydrogen) atoms. The van der Waals surface area contributed by atoms with Crippen molar-refractivity contribution in [3.05, 3.63) is 46.2 Å². The minimum atomic E-state index is -0.236. The molecule has 0 aliphatic rings. The fraction of sp³-hybridized carbons (Fsp3) is 0.375. The number of amides is 1. The van der Waals surface area contributed by atoms with Gasteiger partial charge >= 0.3 is 0 Å². The number of nitrogens with zero attached hydrogens (tertiary/aromatic N) is 1. The highest BCUT2D eigenvalue weighted by Gasteiger charge is 2.17. The lowest BCUT2D eigenvalue weighted by atomic mass is 10.1. The van der Waals surface area contributed by atoms with E-state index in [0.717, 1.165) is 18.2 Å². The molecule has 1 aromatic heterocycles. The van der Waals surface area contributed by atoms with Crippen LogP contribution in [0.3, 0.4) is 0 Å². The predicted molar refractivity (Wildman–Crippen MR) is 81.1 cm³/mol. The largest absolute Gasteiger partial charge is 0.339 e. The highest BCUT2D eigenvalue weighted by atomic mass is 16.2. The summed E-state index contributed by atoms with van der Waals surface area (Å²) >= 11 is 0. The van der Waals surface area contributed by atoms with Crippen LogP contribution in [-0.4, -0.2) is 28.9 Å². The van der Waals surface area contributed by atoms with E-state index >= 15 is 0 Å². The van der Waals surface area contributed by atoms with Crippen molar-refractivity contribution in [3.8, 4) is 0 Å². The molecule has 0 fully saturated rings. The van der Waals surface area contributed by atoms with Gasteiger partial charge in [0.05, 0.1) is 5.56 Å². The molecule has 1 heterocycles. The van der Waals surface area contributed by atoms with Gasteiger partial charge in [-0.3, -0.25) is 9.59 Å². The molecule has 1 amide bonds. The number of fused-ring (bicyclic) bond motifs is 1. The summed E-state index contributed by atoms with van der Waals surface area (Å²) in [7, 11) is 0. The van der Waals surface area contributed by atoms with Crippen molar-refractivity contribution in [1.29, 1.82) is 0 Å². The van der Waals surface area contributed by atoms with Crippen LogP contribution in [0.5, 0.6) is 0 Å². The Hall–Kier alpha value is -2.10. The first kappa shape index (κ1) is 14.3. The van der Waals surface area contributed by atoms with Crippen molar-refractivity contribution >= 4 is 16.8 Å². The lowest BCUT2D eigenvalue weighted by Crippen LogP contribution is -2.33. The molecule has 1 aromatic carbocycles. The normalized spacial score (nSPS) is 10.7. The van der Waals surface area contributed by atoms with Crippen molar-refractivity contribution < 1.29 is 4.79 Å². The third kappa shape index (κ3) is 2.90. The third-order valence-corrected chi connectivity index (χ3v) is 3.26. The zero-order chi connectivity index (χ0) is 14.5. The van der Waals surface area contributed by atoms with E-state index in [0.29, 0.717) is 24.2 Å². The average Bonchev–Trinajstić information content (AvgIpc) is 2.45. The smallest absolute Gasteiger partial charge is 0.254 e. The standard InChI is InChI=1S/C16H20N2O2/c1-3-9-18(10-4-2)16(20)13-11-15(19)17-14-8-6-5-7-12(13)14/h5-8,11H,3-4,9-10H2,1-2H3,(H,17,19). The summed E-state index contributed by atoms with van der Waals surface area (Å²) in [6, 6.07) is 8.82. The first-order valence-corrected chi connectivity index (χ1v) is 7.08. The Morgan fingerprint density at radius 2 is 1.80 bits per heavy atom. The minimum absolute atomic E-state index is 0.0593. The molecular weight excluding hydrogens is 252 g/mol. The highest BCUT2D eigenvalue weighted by molar-refractivity contribution is 6.05. The van der Waals surface area contributed by atoms with Gasteiger partial charge in [0.25, 0.3) is 5.91 Å². The molecule has 0 aliphatic heterocycles. The van der Waals surface area contributed by atoms with Crippen LogP contribution < -0.4 is 5.56 Å². The number of para-hydroxylation sites is 1. The molecule has 0 radical (unpaired) electrons. The highest BCUT2D eigenvalue weighted by Crippen LogP contribution is 2.16. The summed E-state index contributed by atoms with van der Waals surface area (Å²) in [5.74, 6) is -0.0593. The van der Waals surface area contributed by atoms with Crippen LogP contribution in [0, 0.1) is 0 Å². The summed E-state index contributed by atoms with van der Waals surface area (Å²) in [5, 5.41) is 0.800. The molecular formula is C16H20N2O2. The van der Waals surface area contributed by atoms with E-state index in [1.54, 1.807) is 0 Å². The second kappa shape index (κ2) is 6.37. The monoisotopic (exact) mass is 272 g/mol. The quantitative estimate of drug-likeness (QED) is 0.910. The van der Waals surface area contributed by atoms with Gasteiger partial charge in [-0.15, -0.1) is 0 Å². The van der Waals surface area contributed by atoms with Gasteiger partial charge in [0.15, 0.2) is 0 Å². The Morgan fingerprint density at radius 1 is 1.15 bits per heavy atom. The predicted octanol–water partition coefficient (Wildman–Crippen LogP) is 2.79. The Morgan fingerprint density at radius 3 is 2.45 bits per heavy atom. The van der Waals surface area contributed by atoms with Crippen LogP contribution >= 0.6 is 0 Å². The zero-order valence-corrected chi connectivity index (χ0v) is 12.0. The number of rotatable bonds is 5. The zero-order valence-electron chi connectivity index (χ0n) is 12.0. The number of carbonyl (C=O) groups is 1. The van der Waals surface area contributed by atoms with Gasteiger partial charge in [-0.2, -0.15) is 0 Å². The molecule has 0 unspecified atom stereocenters. The lowest BCUT2D eigenvalue weighted by Gasteiger charge is -2.22. The molecule has 0 bridgehead atoms. The second-order valence-electron chi connectivity index (χ2n) is 4.89. The van der Waals surface area contributed by atoms with E-state index in [4.69, 9.17) is 0 Å². The van der Waals surface area contributed by atoms with Crippen LogP contribution in [0.25, 0.3) is 10.9 Å². The fourth-order valence-electron chi connectivity index (χ4n) is 2.41. The Kier molecular flexibility index (Phi) is 4.56. The van der Waals surface area contributed by atoms with E-state index in [2.05, 4.69) is 4.98 Å². The van der Waals surface area contributed by atoms with E-state index in [-0.39, 0.29) is 11.5 Å². The summed E-state index contributed by atoms with van der Waals surface area (Å²) in [5.41, 5.74) is 0.961. The first-order valence-electron chi connectivity index (χ1n) is 7.08. The number of pyridine rings is 1. The number of aromatic amines is 1. The van der Waals surface area contributed by atoms with Crippen LogP contribution in [0.2, 0.25) is 0 Å². The molecule has 0 spiro atoms. The topological polar surface area (TPSA) is 53.2 Å². The first-order chi connectivity index (χ1) is 9.67. The van der Waals surface area contributed by atoms with Crippen molar-refractivity contribution in [2.75, 3.05) is 13.1 Å². The van der Waals surface area contributed by atoms with E-state index in [9.17, 15) is 9.59 Å². The minimum Gasteiger partial charge on any atom is -0.339 e. The SMILES string of the molecule is CCCN(CCC)C(=O)c1cc(=O)[nH]c2ccccc12. The second-order valence-corrected chi connectivity index (χ2v) is 4.89. The molecule has 0 atom stereocenters. The maximum absolute atomic E-state index is 12.7. The molecule has 4 nitrogen and oxygen atoms in total. The summed E-state index contributed by atoms with van der Waals surface area (Å²) in [6.45, 7) is 5.53. The molecule has 4 heteroatoms. The van der Waals surface area contributed by atoms with E-state index in [1.165, 1.54) is 6.07 Å². The third-order valence-electron chi connectivity index (χ3n) is 3.26. The van der Waals surface area contributed by atoms with Crippen molar-refractivity contribution in [1.82, 2.24) is 9.88 Å². The summed E-state index contributed by atoms with van der Waals surface area (Å²) in [6.07, 6.45) is 1.82. The van der Waals surface area contributed by atoms with E-state index < -0.39 is 0 Å². The van der Waals surface area contributed by atoms with Gasteiger partial charge in [0, 0.05) is 30.1 Å². The molecule has 0 saturated carbocycles. The lowest BCUT2D eigenvalue weighted by molar-refractivity contribution is 0.0757. The fourth-order valence-corrected chi connectivity index (χ4v) is 2.41. The summed E-state index contributed by atoms with van der Waals surface area (Å²) in [4.78, 5) is 29.0. The van der Waals surface area contributed by atoms with Gasteiger partial charge in [0.2, 0.25) is 5.56 Å². The molecule has 106 valence electrons. The van der Waals surface area contributed by atoms with E-state index in [1.807, 2.05) is 43.0 Å². The van der Waals surface area contributed by atoms with Crippen LogP contribution in [0.1, 0.15) is 37.0 Å². The van der Waals surface area contributed by atoms with Gasteiger partial charge in [0.1, 0.15) is 0 Å².